The van der Waals surface area contributed by atoms with Crippen molar-refractivity contribution in [2.24, 2.45) is 11.7 Å². The molecule has 2 atom stereocenters. The molecule has 0 bridgehead atoms. The summed E-state index contributed by atoms with van der Waals surface area (Å²) < 4.78 is 26.6. The zero-order valence-electron chi connectivity index (χ0n) is 11.4. The van der Waals surface area contributed by atoms with E-state index in [1.165, 1.54) is 18.6 Å². The van der Waals surface area contributed by atoms with Gasteiger partial charge in [-0.2, -0.15) is 0 Å². The molecular weight excluding hydrogens is 246 g/mol. The smallest absolute Gasteiger partial charge is 0.126 e. The second-order valence-corrected chi connectivity index (χ2v) is 5.46. The van der Waals surface area contributed by atoms with Gasteiger partial charge in [-0.3, -0.25) is 4.90 Å². The van der Waals surface area contributed by atoms with Crippen molar-refractivity contribution in [3.8, 4) is 0 Å². The summed E-state index contributed by atoms with van der Waals surface area (Å²) in [5, 5.41) is 0. The molecule has 0 amide bonds. The van der Waals surface area contributed by atoms with Crippen LogP contribution < -0.4 is 5.73 Å². The van der Waals surface area contributed by atoms with Gasteiger partial charge in [0.25, 0.3) is 0 Å². The van der Waals surface area contributed by atoms with Crippen molar-refractivity contribution >= 4 is 0 Å². The van der Waals surface area contributed by atoms with Gasteiger partial charge in [-0.15, -0.1) is 0 Å². The molecule has 0 saturated carbocycles. The summed E-state index contributed by atoms with van der Waals surface area (Å²) in [7, 11) is 0. The molecule has 0 spiro atoms. The van der Waals surface area contributed by atoms with E-state index in [1.54, 1.807) is 0 Å². The number of piperidine rings is 1. The maximum atomic E-state index is 13.3. The van der Waals surface area contributed by atoms with Crippen LogP contribution in [0, 0.1) is 17.6 Å². The van der Waals surface area contributed by atoms with E-state index in [-0.39, 0.29) is 6.04 Å². The van der Waals surface area contributed by atoms with Crippen LogP contribution >= 0.6 is 0 Å². The fourth-order valence-corrected chi connectivity index (χ4v) is 2.95. The van der Waals surface area contributed by atoms with Gasteiger partial charge in [-0.05, 0) is 62.9 Å². The molecule has 0 radical (unpaired) electrons. The van der Waals surface area contributed by atoms with Gasteiger partial charge in [0.05, 0.1) is 0 Å². The fourth-order valence-electron chi connectivity index (χ4n) is 2.95. The number of benzene rings is 1. The van der Waals surface area contributed by atoms with E-state index in [1.807, 2.05) is 6.92 Å². The van der Waals surface area contributed by atoms with Crippen molar-refractivity contribution in [3.05, 3.63) is 35.4 Å². The number of nitrogens with zero attached hydrogens (tertiary/aromatic N) is 1. The maximum absolute atomic E-state index is 13.3. The number of hydrogen-bond acceptors (Lipinski definition) is 2. The first-order valence-electron chi connectivity index (χ1n) is 7.00. The summed E-state index contributed by atoms with van der Waals surface area (Å²) in [4.78, 5) is 2.30. The Bertz CT molecular complexity index is 400. The minimum Gasteiger partial charge on any atom is -0.330 e. The van der Waals surface area contributed by atoms with Gasteiger partial charge in [-0.1, -0.05) is 0 Å². The zero-order valence-corrected chi connectivity index (χ0v) is 11.4. The average molecular weight is 268 g/mol. The third-order valence-electron chi connectivity index (χ3n) is 4.04. The fraction of sp³-hybridized carbons (Fsp3) is 0.600. The first-order valence-corrected chi connectivity index (χ1v) is 7.00. The van der Waals surface area contributed by atoms with E-state index in [9.17, 15) is 8.78 Å². The molecule has 0 aliphatic carbocycles. The quantitative estimate of drug-likeness (QED) is 0.909. The predicted molar refractivity (Wildman–Crippen MR) is 72.7 cm³/mol. The van der Waals surface area contributed by atoms with Crippen LogP contribution in [0.15, 0.2) is 18.2 Å². The molecule has 1 aromatic rings. The highest BCUT2D eigenvalue weighted by Crippen LogP contribution is 2.28. The largest absolute Gasteiger partial charge is 0.330 e. The Balaban J connectivity index is 2.07. The summed E-state index contributed by atoms with van der Waals surface area (Å²) in [5.41, 5.74) is 6.33. The van der Waals surface area contributed by atoms with Gasteiger partial charge in [0.1, 0.15) is 11.6 Å². The van der Waals surface area contributed by atoms with Crippen molar-refractivity contribution in [2.75, 3.05) is 19.6 Å². The molecule has 2 N–H and O–H groups in total. The topological polar surface area (TPSA) is 29.3 Å². The third-order valence-corrected chi connectivity index (χ3v) is 4.04. The van der Waals surface area contributed by atoms with Crippen molar-refractivity contribution in [3.63, 3.8) is 0 Å². The van der Waals surface area contributed by atoms with E-state index in [0.717, 1.165) is 32.0 Å². The Hall–Kier alpha value is -1.00. The van der Waals surface area contributed by atoms with Crippen molar-refractivity contribution in [1.82, 2.24) is 4.90 Å². The molecule has 1 fully saturated rings. The van der Waals surface area contributed by atoms with Gasteiger partial charge in [0, 0.05) is 18.7 Å². The van der Waals surface area contributed by atoms with Gasteiger partial charge < -0.3 is 5.73 Å². The van der Waals surface area contributed by atoms with Gasteiger partial charge >= 0.3 is 0 Å². The number of nitrogens with two attached hydrogens (primary N) is 1. The average Bonchev–Trinajstić information content (AvgIpc) is 2.37. The highest BCUT2D eigenvalue weighted by Gasteiger charge is 2.24. The molecule has 0 aromatic heterocycles. The summed E-state index contributed by atoms with van der Waals surface area (Å²) in [6.07, 6.45) is 3.37. The van der Waals surface area contributed by atoms with E-state index in [0.29, 0.717) is 18.0 Å². The monoisotopic (exact) mass is 268 g/mol. The molecule has 19 heavy (non-hydrogen) atoms. The Morgan fingerprint density at radius 1 is 1.32 bits per heavy atom. The highest BCUT2D eigenvalue weighted by atomic mass is 19.1. The minimum atomic E-state index is -0.502. The first kappa shape index (κ1) is 14.4. The van der Waals surface area contributed by atoms with Crippen LogP contribution in [-0.2, 0) is 0 Å². The SMILES string of the molecule is CC(c1cc(F)cc(F)c1)N1CCCC(CCN)C1. The van der Waals surface area contributed by atoms with E-state index >= 15 is 0 Å². The Labute approximate surface area is 113 Å². The van der Waals surface area contributed by atoms with Crippen molar-refractivity contribution in [2.45, 2.75) is 32.2 Å². The summed E-state index contributed by atoms with van der Waals surface area (Å²) in [6, 6.07) is 3.83. The van der Waals surface area contributed by atoms with Crippen LogP contribution in [0.2, 0.25) is 0 Å². The predicted octanol–water partition coefficient (Wildman–Crippen LogP) is 3.09. The van der Waals surface area contributed by atoms with Gasteiger partial charge in [-0.25, -0.2) is 8.78 Å². The summed E-state index contributed by atoms with van der Waals surface area (Å²) >= 11 is 0. The second kappa shape index (κ2) is 6.44. The van der Waals surface area contributed by atoms with E-state index in [2.05, 4.69) is 4.90 Å². The van der Waals surface area contributed by atoms with Crippen LogP contribution in [0.25, 0.3) is 0 Å². The van der Waals surface area contributed by atoms with Crippen LogP contribution in [0.3, 0.4) is 0 Å². The van der Waals surface area contributed by atoms with Crippen molar-refractivity contribution in [1.29, 1.82) is 0 Å². The molecule has 1 aromatic carbocycles. The zero-order chi connectivity index (χ0) is 13.8. The minimum absolute atomic E-state index is 0.0470. The van der Waals surface area contributed by atoms with Crippen LogP contribution in [0.5, 0.6) is 0 Å². The van der Waals surface area contributed by atoms with Crippen LogP contribution in [-0.4, -0.2) is 24.5 Å². The maximum Gasteiger partial charge on any atom is 0.126 e. The van der Waals surface area contributed by atoms with E-state index in [4.69, 9.17) is 5.73 Å². The lowest BCUT2D eigenvalue weighted by atomic mass is 9.93. The summed E-state index contributed by atoms with van der Waals surface area (Å²) in [6.45, 7) is 4.68. The normalized spacial score (nSPS) is 22.4. The molecule has 2 unspecified atom stereocenters. The lowest BCUT2D eigenvalue weighted by molar-refractivity contribution is 0.128. The van der Waals surface area contributed by atoms with Crippen LogP contribution in [0.4, 0.5) is 8.78 Å². The molecule has 1 saturated heterocycles. The number of halogens is 2. The second-order valence-electron chi connectivity index (χ2n) is 5.46. The number of rotatable bonds is 4. The van der Waals surface area contributed by atoms with Gasteiger partial charge in [0.2, 0.25) is 0 Å². The molecule has 2 rings (SSSR count). The van der Waals surface area contributed by atoms with Crippen LogP contribution in [0.1, 0.15) is 37.8 Å². The van der Waals surface area contributed by atoms with Gasteiger partial charge in [0.15, 0.2) is 0 Å². The standard InChI is InChI=1S/C15H22F2N2/c1-11(13-7-14(16)9-15(17)8-13)19-6-2-3-12(10-19)4-5-18/h7-9,11-12H,2-6,10,18H2,1H3. The lowest BCUT2D eigenvalue weighted by Gasteiger charge is -2.37. The number of hydrogen-bond donors (Lipinski definition) is 1. The molecule has 2 nitrogen and oxygen atoms in total. The van der Waals surface area contributed by atoms with Crippen molar-refractivity contribution < 1.29 is 8.78 Å². The molecule has 1 heterocycles. The third kappa shape index (κ3) is 3.74. The Morgan fingerprint density at radius 3 is 2.63 bits per heavy atom. The molecule has 4 heteroatoms. The van der Waals surface area contributed by atoms with E-state index < -0.39 is 11.6 Å². The Kier molecular flexibility index (Phi) is 4.88. The lowest BCUT2D eigenvalue weighted by Crippen LogP contribution is -2.37. The molecular formula is C15H22F2N2. The molecule has 1 aliphatic heterocycles. The molecule has 1 aliphatic rings. The first-order chi connectivity index (χ1) is 9.10. The highest BCUT2D eigenvalue weighted by molar-refractivity contribution is 5.21. The molecule has 106 valence electrons. The summed E-state index contributed by atoms with van der Waals surface area (Å²) in [5.74, 6) is -0.394. The Morgan fingerprint density at radius 2 is 2.00 bits per heavy atom. The number of likely N-dealkylation sites (tertiary alicyclic amines) is 1.